The second kappa shape index (κ2) is 10.6. The van der Waals surface area contributed by atoms with Crippen molar-refractivity contribution in [3.8, 4) is 0 Å². The number of anilines is 3. The molecule has 206 valence electrons. The van der Waals surface area contributed by atoms with E-state index < -0.39 is 0 Å². The summed E-state index contributed by atoms with van der Waals surface area (Å²) in [7, 11) is 0. The molecule has 9 nitrogen and oxygen atoms in total. The minimum atomic E-state index is 0.0232. The van der Waals surface area contributed by atoms with E-state index in [0.29, 0.717) is 36.5 Å². The molecule has 0 aromatic carbocycles. The second-order valence-corrected chi connectivity index (χ2v) is 13.4. The van der Waals surface area contributed by atoms with Crippen molar-refractivity contribution in [2.45, 2.75) is 129 Å². The van der Waals surface area contributed by atoms with Crippen molar-refractivity contribution in [2.24, 2.45) is 0 Å². The maximum Gasteiger partial charge on any atom is 0.232 e. The average molecular weight is 505 g/mol. The molecule has 0 unspecified atom stereocenters. The molecular formula is C27H52N8O. The third-order valence-corrected chi connectivity index (χ3v) is 7.42. The zero-order valence-corrected chi connectivity index (χ0v) is 24.5. The minimum absolute atomic E-state index is 0.0232. The molecule has 2 aliphatic heterocycles. The number of aliphatic hydroxyl groups is 1. The zero-order chi connectivity index (χ0) is 26.9. The Kier molecular flexibility index (Phi) is 8.48. The maximum atomic E-state index is 9.45. The highest BCUT2D eigenvalue weighted by molar-refractivity contribution is 5.47. The monoisotopic (exact) mass is 504 g/mol. The van der Waals surface area contributed by atoms with E-state index in [1.807, 2.05) is 0 Å². The van der Waals surface area contributed by atoms with Crippen LogP contribution < -0.4 is 25.8 Å². The summed E-state index contributed by atoms with van der Waals surface area (Å²) in [6, 6.07) is 0.628. The summed E-state index contributed by atoms with van der Waals surface area (Å²) in [5, 5.41) is 20.2. The van der Waals surface area contributed by atoms with Crippen LogP contribution in [-0.4, -0.2) is 80.5 Å². The van der Waals surface area contributed by atoms with E-state index in [-0.39, 0.29) is 28.8 Å². The highest BCUT2D eigenvalue weighted by Crippen LogP contribution is 2.35. The molecule has 3 heterocycles. The second-order valence-electron chi connectivity index (χ2n) is 13.4. The van der Waals surface area contributed by atoms with Crippen LogP contribution in [0.2, 0.25) is 0 Å². The Labute approximate surface area is 219 Å². The molecule has 1 aromatic heterocycles. The van der Waals surface area contributed by atoms with E-state index in [9.17, 15) is 5.11 Å². The molecule has 2 saturated heterocycles. The van der Waals surface area contributed by atoms with Crippen LogP contribution in [0.4, 0.5) is 17.8 Å². The third kappa shape index (κ3) is 7.19. The zero-order valence-electron chi connectivity index (χ0n) is 24.5. The fourth-order valence-corrected chi connectivity index (χ4v) is 6.96. The highest BCUT2D eigenvalue weighted by Gasteiger charge is 2.42. The number of piperidine rings is 2. The van der Waals surface area contributed by atoms with Gasteiger partial charge in [0.1, 0.15) is 0 Å². The van der Waals surface area contributed by atoms with E-state index in [1.54, 1.807) is 0 Å². The van der Waals surface area contributed by atoms with Crippen LogP contribution in [0.5, 0.6) is 0 Å². The molecule has 9 heteroatoms. The van der Waals surface area contributed by atoms with Crippen molar-refractivity contribution in [1.29, 1.82) is 0 Å². The quantitative estimate of drug-likeness (QED) is 0.402. The number of nitrogens with one attached hydrogen (secondary N) is 3. The van der Waals surface area contributed by atoms with Crippen LogP contribution >= 0.6 is 0 Å². The molecule has 0 bridgehead atoms. The van der Waals surface area contributed by atoms with Gasteiger partial charge in [-0.3, -0.25) is 0 Å². The van der Waals surface area contributed by atoms with E-state index in [0.717, 1.165) is 38.8 Å². The number of rotatable bonds is 9. The van der Waals surface area contributed by atoms with E-state index in [4.69, 9.17) is 15.0 Å². The Morgan fingerprint density at radius 1 is 0.722 bits per heavy atom. The lowest BCUT2D eigenvalue weighted by Gasteiger charge is -2.50. The summed E-state index contributed by atoms with van der Waals surface area (Å²) in [4.78, 5) is 19.5. The topological polar surface area (TPSA) is 101 Å². The summed E-state index contributed by atoms with van der Waals surface area (Å²) in [5.74, 6) is 1.96. The van der Waals surface area contributed by atoms with Gasteiger partial charge in [0.2, 0.25) is 17.8 Å². The summed E-state index contributed by atoms with van der Waals surface area (Å²) >= 11 is 0. The fourth-order valence-electron chi connectivity index (χ4n) is 6.96. The van der Waals surface area contributed by atoms with E-state index in [1.165, 1.54) is 0 Å². The van der Waals surface area contributed by atoms with Crippen LogP contribution in [0, 0.1) is 0 Å². The normalized spacial score (nSPS) is 23.3. The molecule has 4 N–H and O–H groups in total. The largest absolute Gasteiger partial charge is 0.395 e. The number of aromatic nitrogens is 3. The molecule has 0 amide bonds. The van der Waals surface area contributed by atoms with Crippen LogP contribution in [0.1, 0.15) is 94.9 Å². The molecule has 2 fully saturated rings. The predicted molar refractivity (Wildman–Crippen MR) is 150 cm³/mol. The van der Waals surface area contributed by atoms with Gasteiger partial charge in [-0.2, -0.15) is 15.0 Å². The molecule has 1 aromatic rings. The Hall–Kier alpha value is -1.71. The standard InChI is InChI=1S/C27H52N8O/c1-11-34(19-15-24(3,4)32-25(5,6)16-19)22-29-21(28-13-14-36)30-23(31-22)35(12-2)20-17-26(7,8)33-27(9,10)18-20/h19-20,32-33,36H,11-18H2,1-10H3,(H,28,29,30,31). The maximum absolute atomic E-state index is 9.45. The van der Waals surface area contributed by atoms with Gasteiger partial charge in [0, 0.05) is 53.9 Å². The van der Waals surface area contributed by atoms with Crippen LogP contribution in [0.25, 0.3) is 0 Å². The van der Waals surface area contributed by atoms with Crippen molar-refractivity contribution in [3.05, 3.63) is 0 Å². The van der Waals surface area contributed by atoms with Gasteiger partial charge >= 0.3 is 0 Å². The van der Waals surface area contributed by atoms with Crippen LogP contribution in [0.3, 0.4) is 0 Å². The fraction of sp³-hybridized carbons (Fsp3) is 0.889. The molecular weight excluding hydrogens is 452 g/mol. The van der Waals surface area contributed by atoms with E-state index >= 15 is 0 Å². The van der Waals surface area contributed by atoms with Gasteiger partial charge in [0.15, 0.2) is 0 Å². The van der Waals surface area contributed by atoms with Gasteiger partial charge in [0.05, 0.1) is 6.61 Å². The molecule has 0 radical (unpaired) electrons. The first-order valence-corrected chi connectivity index (χ1v) is 13.8. The molecule has 2 aliphatic rings. The number of aliphatic hydroxyl groups excluding tert-OH is 1. The lowest BCUT2D eigenvalue weighted by atomic mass is 9.79. The Morgan fingerprint density at radius 3 is 1.39 bits per heavy atom. The van der Waals surface area contributed by atoms with Crippen molar-refractivity contribution >= 4 is 17.8 Å². The molecule has 0 atom stereocenters. The first-order valence-electron chi connectivity index (χ1n) is 13.8. The third-order valence-electron chi connectivity index (χ3n) is 7.42. The number of hydrogen-bond acceptors (Lipinski definition) is 9. The lowest BCUT2D eigenvalue weighted by molar-refractivity contribution is 0.158. The SMILES string of the molecule is CCN(c1nc(NCCO)nc(N(CC)C2CC(C)(C)NC(C)(C)C2)n1)C1CC(C)(C)NC(C)(C)C1. The highest BCUT2D eigenvalue weighted by atomic mass is 16.3. The van der Waals surface area contributed by atoms with Crippen molar-refractivity contribution in [2.75, 3.05) is 41.4 Å². The first-order chi connectivity index (χ1) is 16.6. The van der Waals surface area contributed by atoms with E-state index in [2.05, 4.69) is 95.0 Å². The Bertz CT molecular complexity index is 788. The molecule has 0 spiro atoms. The summed E-state index contributed by atoms with van der Waals surface area (Å²) in [5.41, 5.74) is 0.0928. The lowest BCUT2D eigenvalue weighted by Crippen LogP contribution is -2.62. The van der Waals surface area contributed by atoms with Crippen LogP contribution in [-0.2, 0) is 0 Å². The van der Waals surface area contributed by atoms with Gasteiger partial charge in [-0.1, -0.05) is 0 Å². The van der Waals surface area contributed by atoms with Gasteiger partial charge in [-0.05, 0) is 94.9 Å². The molecule has 3 rings (SSSR count). The van der Waals surface area contributed by atoms with Crippen molar-refractivity contribution < 1.29 is 5.11 Å². The molecule has 0 saturated carbocycles. The van der Waals surface area contributed by atoms with Crippen molar-refractivity contribution in [1.82, 2.24) is 25.6 Å². The Balaban J connectivity index is 2.01. The number of hydrogen-bond donors (Lipinski definition) is 4. The minimum Gasteiger partial charge on any atom is -0.395 e. The summed E-state index contributed by atoms with van der Waals surface area (Å²) < 4.78 is 0. The van der Waals surface area contributed by atoms with Gasteiger partial charge in [-0.15, -0.1) is 0 Å². The van der Waals surface area contributed by atoms with Gasteiger partial charge < -0.3 is 30.9 Å². The Morgan fingerprint density at radius 2 is 1.08 bits per heavy atom. The van der Waals surface area contributed by atoms with Gasteiger partial charge in [0.25, 0.3) is 0 Å². The van der Waals surface area contributed by atoms with Crippen LogP contribution in [0.15, 0.2) is 0 Å². The number of nitrogens with zero attached hydrogens (tertiary/aromatic N) is 5. The summed E-state index contributed by atoms with van der Waals surface area (Å²) in [6.45, 7) is 24.7. The smallest absolute Gasteiger partial charge is 0.232 e. The average Bonchev–Trinajstić information content (AvgIpc) is 2.69. The van der Waals surface area contributed by atoms with Crippen molar-refractivity contribution in [3.63, 3.8) is 0 Å². The first kappa shape index (κ1) is 28.9. The van der Waals surface area contributed by atoms with Gasteiger partial charge in [-0.25, -0.2) is 0 Å². The summed E-state index contributed by atoms with van der Waals surface area (Å²) in [6.07, 6.45) is 4.05. The molecule has 0 aliphatic carbocycles. The predicted octanol–water partition coefficient (Wildman–Crippen LogP) is 3.55. The molecule has 36 heavy (non-hydrogen) atoms.